The van der Waals surface area contributed by atoms with Crippen LogP contribution in [0.1, 0.15) is 27.0 Å². The van der Waals surface area contributed by atoms with Gasteiger partial charge in [-0.2, -0.15) is 0 Å². The van der Waals surface area contributed by atoms with E-state index < -0.39 is 0 Å². The molecule has 0 aliphatic heterocycles. The molecule has 2 nitrogen and oxygen atoms in total. The van der Waals surface area contributed by atoms with Crippen molar-refractivity contribution in [1.29, 1.82) is 0 Å². The molecule has 3 heteroatoms. The minimum atomic E-state index is 0.00514. The van der Waals surface area contributed by atoms with Crippen molar-refractivity contribution in [3.05, 3.63) is 69.9 Å². The molecular formula is C17H14ClNO. The number of hydrogen-bond acceptors (Lipinski definition) is 1. The number of aromatic amines is 1. The highest BCUT2D eigenvalue weighted by Crippen LogP contribution is 2.29. The van der Waals surface area contributed by atoms with Crippen molar-refractivity contribution in [2.75, 3.05) is 0 Å². The maximum atomic E-state index is 12.8. The second kappa shape index (κ2) is 4.80. The van der Waals surface area contributed by atoms with Crippen molar-refractivity contribution >= 4 is 28.3 Å². The van der Waals surface area contributed by atoms with E-state index >= 15 is 0 Å². The van der Waals surface area contributed by atoms with Gasteiger partial charge in [0.1, 0.15) is 0 Å². The van der Waals surface area contributed by atoms with Crippen molar-refractivity contribution in [3.8, 4) is 0 Å². The molecule has 0 aliphatic carbocycles. The normalized spacial score (nSPS) is 10.9. The fraction of sp³-hybridized carbons (Fsp3) is 0.118. The summed E-state index contributed by atoms with van der Waals surface area (Å²) in [6, 6.07) is 11.4. The van der Waals surface area contributed by atoms with Crippen molar-refractivity contribution in [1.82, 2.24) is 4.98 Å². The first-order valence-electron chi connectivity index (χ1n) is 6.46. The monoisotopic (exact) mass is 283 g/mol. The molecule has 0 saturated heterocycles. The lowest BCUT2D eigenvalue weighted by molar-refractivity contribution is 0.103. The van der Waals surface area contributed by atoms with Gasteiger partial charge >= 0.3 is 0 Å². The van der Waals surface area contributed by atoms with E-state index in [0.29, 0.717) is 10.6 Å². The first-order valence-corrected chi connectivity index (χ1v) is 6.84. The second-order valence-electron chi connectivity index (χ2n) is 4.94. The summed E-state index contributed by atoms with van der Waals surface area (Å²) in [6.07, 6.45) is 1.74. The van der Waals surface area contributed by atoms with Gasteiger partial charge in [0, 0.05) is 28.2 Å². The Morgan fingerprint density at radius 2 is 1.80 bits per heavy atom. The molecule has 0 bridgehead atoms. The van der Waals surface area contributed by atoms with Crippen molar-refractivity contribution in [2.24, 2.45) is 0 Å². The predicted octanol–water partition coefficient (Wildman–Crippen LogP) is 4.67. The van der Waals surface area contributed by atoms with Crippen molar-refractivity contribution in [3.63, 3.8) is 0 Å². The minimum Gasteiger partial charge on any atom is -0.360 e. The predicted molar refractivity (Wildman–Crippen MR) is 82.7 cm³/mol. The Morgan fingerprint density at radius 3 is 2.60 bits per heavy atom. The molecule has 3 aromatic rings. The van der Waals surface area contributed by atoms with Crippen LogP contribution < -0.4 is 0 Å². The van der Waals surface area contributed by atoms with E-state index in [4.69, 9.17) is 11.6 Å². The number of ketones is 1. The third-order valence-electron chi connectivity index (χ3n) is 3.75. The molecule has 0 aliphatic rings. The highest BCUT2D eigenvalue weighted by atomic mass is 35.5. The first-order chi connectivity index (χ1) is 9.59. The lowest BCUT2D eigenvalue weighted by Gasteiger charge is -2.07. The van der Waals surface area contributed by atoms with Crippen LogP contribution in [0.5, 0.6) is 0 Å². The van der Waals surface area contributed by atoms with Crippen LogP contribution in [0.2, 0.25) is 5.02 Å². The Bertz CT molecular complexity index is 817. The zero-order valence-corrected chi connectivity index (χ0v) is 12.1. The highest BCUT2D eigenvalue weighted by molar-refractivity contribution is 6.37. The van der Waals surface area contributed by atoms with Crippen LogP contribution in [-0.2, 0) is 0 Å². The number of H-pyrrole nitrogens is 1. The number of benzene rings is 2. The van der Waals surface area contributed by atoms with Gasteiger partial charge in [-0.05, 0) is 37.1 Å². The number of rotatable bonds is 2. The summed E-state index contributed by atoms with van der Waals surface area (Å²) in [6.45, 7) is 3.98. The molecular weight excluding hydrogens is 270 g/mol. The largest absolute Gasteiger partial charge is 0.360 e. The fourth-order valence-corrected chi connectivity index (χ4v) is 2.74. The SMILES string of the molecule is Cc1cccc(C(=O)c2c[nH]c3cccc(Cl)c23)c1C. The van der Waals surface area contributed by atoms with E-state index in [2.05, 4.69) is 4.98 Å². The Hall–Kier alpha value is -2.06. The van der Waals surface area contributed by atoms with Gasteiger partial charge in [-0.25, -0.2) is 0 Å². The Balaban J connectivity index is 2.21. The molecule has 2 aromatic carbocycles. The molecule has 0 atom stereocenters. The van der Waals surface area contributed by atoms with Gasteiger partial charge in [0.05, 0.1) is 5.02 Å². The van der Waals surface area contributed by atoms with Crippen molar-refractivity contribution in [2.45, 2.75) is 13.8 Å². The van der Waals surface area contributed by atoms with Crippen LogP contribution in [0.4, 0.5) is 0 Å². The summed E-state index contributed by atoms with van der Waals surface area (Å²) in [5, 5.41) is 1.39. The molecule has 0 radical (unpaired) electrons. The molecule has 0 saturated carbocycles. The second-order valence-corrected chi connectivity index (χ2v) is 5.35. The number of halogens is 1. The molecule has 0 fully saturated rings. The lowest BCUT2D eigenvalue weighted by atomic mass is 9.96. The Morgan fingerprint density at radius 1 is 1.05 bits per heavy atom. The van der Waals surface area contributed by atoms with Crippen molar-refractivity contribution < 1.29 is 4.79 Å². The summed E-state index contributed by atoms with van der Waals surface area (Å²) < 4.78 is 0. The number of aromatic nitrogens is 1. The van der Waals surface area contributed by atoms with Gasteiger partial charge in [-0.3, -0.25) is 4.79 Å². The van der Waals surface area contributed by atoms with Crippen LogP contribution in [0.25, 0.3) is 10.9 Å². The van der Waals surface area contributed by atoms with E-state index in [0.717, 1.165) is 27.6 Å². The first kappa shape index (κ1) is 12.9. The van der Waals surface area contributed by atoms with Crippen LogP contribution in [0, 0.1) is 13.8 Å². The van der Waals surface area contributed by atoms with Crippen LogP contribution in [0.15, 0.2) is 42.6 Å². The number of nitrogens with one attached hydrogen (secondary N) is 1. The van der Waals surface area contributed by atoms with Gasteiger partial charge in [-0.1, -0.05) is 35.9 Å². The van der Waals surface area contributed by atoms with Gasteiger partial charge < -0.3 is 4.98 Å². The Kier molecular flexibility index (Phi) is 3.11. The van der Waals surface area contributed by atoms with Gasteiger partial charge in [0.2, 0.25) is 0 Å². The summed E-state index contributed by atoms with van der Waals surface area (Å²) in [5.74, 6) is 0.00514. The zero-order chi connectivity index (χ0) is 14.3. The van der Waals surface area contributed by atoms with Gasteiger partial charge in [0.25, 0.3) is 0 Å². The maximum absolute atomic E-state index is 12.8. The number of fused-ring (bicyclic) bond motifs is 1. The molecule has 3 rings (SSSR count). The Labute approximate surface area is 122 Å². The molecule has 0 spiro atoms. The average Bonchev–Trinajstić information content (AvgIpc) is 2.86. The standard InChI is InChI=1S/C17H14ClNO/c1-10-5-3-6-12(11(10)2)17(20)13-9-19-15-8-4-7-14(18)16(13)15/h3-9,19H,1-2H3. The fourth-order valence-electron chi connectivity index (χ4n) is 2.46. The number of carbonyl (C=O) groups is 1. The summed E-state index contributed by atoms with van der Waals surface area (Å²) in [4.78, 5) is 15.9. The van der Waals surface area contributed by atoms with Crippen LogP contribution in [-0.4, -0.2) is 10.8 Å². The third-order valence-corrected chi connectivity index (χ3v) is 4.06. The van der Waals surface area contributed by atoms with E-state index in [9.17, 15) is 4.79 Å². The molecule has 0 unspecified atom stereocenters. The maximum Gasteiger partial charge on any atom is 0.195 e. The highest BCUT2D eigenvalue weighted by Gasteiger charge is 2.18. The minimum absolute atomic E-state index is 0.00514. The molecule has 100 valence electrons. The quantitative estimate of drug-likeness (QED) is 0.681. The van der Waals surface area contributed by atoms with E-state index in [1.165, 1.54) is 0 Å². The third kappa shape index (κ3) is 1.93. The smallest absolute Gasteiger partial charge is 0.195 e. The van der Waals surface area contributed by atoms with E-state index in [-0.39, 0.29) is 5.78 Å². The van der Waals surface area contributed by atoms with Crippen LogP contribution in [0.3, 0.4) is 0 Å². The van der Waals surface area contributed by atoms with Gasteiger partial charge in [-0.15, -0.1) is 0 Å². The summed E-state index contributed by atoms with van der Waals surface area (Å²) >= 11 is 6.23. The number of carbonyl (C=O) groups excluding carboxylic acids is 1. The topological polar surface area (TPSA) is 32.9 Å². The van der Waals surface area contributed by atoms with E-state index in [1.807, 2.05) is 44.2 Å². The zero-order valence-electron chi connectivity index (χ0n) is 11.3. The van der Waals surface area contributed by atoms with Crippen LogP contribution >= 0.6 is 11.6 Å². The summed E-state index contributed by atoms with van der Waals surface area (Å²) in [7, 11) is 0. The molecule has 0 amide bonds. The molecule has 1 heterocycles. The molecule has 1 N–H and O–H groups in total. The van der Waals surface area contributed by atoms with E-state index in [1.54, 1.807) is 12.3 Å². The number of aryl methyl sites for hydroxylation is 1. The lowest BCUT2D eigenvalue weighted by Crippen LogP contribution is -2.04. The molecule has 1 aromatic heterocycles. The average molecular weight is 284 g/mol. The summed E-state index contributed by atoms with van der Waals surface area (Å²) in [5.41, 5.74) is 4.36. The molecule has 20 heavy (non-hydrogen) atoms. The number of hydrogen-bond donors (Lipinski definition) is 1. The van der Waals surface area contributed by atoms with Gasteiger partial charge in [0.15, 0.2) is 5.78 Å².